The summed E-state index contributed by atoms with van der Waals surface area (Å²) in [5.74, 6) is -0.787. The maximum Gasteiger partial charge on any atom is 0.472 e. The first kappa shape index (κ1) is 56.8. The van der Waals surface area contributed by atoms with E-state index in [1.807, 2.05) is 21.1 Å². The van der Waals surface area contributed by atoms with Gasteiger partial charge in [-0.3, -0.25) is 18.6 Å². The topological polar surface area (TPSA) is 108 Å². The third-order valence-electron chi connectivity index (χ3n) is 10.8. The molecule has 9 nitrogen and oxygen atoms in total. The third-order valence-corrected chi connectivity index (χ3v) is 11.8. The van der Waals surface area contributed by atoms with Crippen molar-refractivity contribution in [3.05, 3.63) is 12.2 Å². The van der Waals surface area contributed by atoms with E-state index in [1.54, 1.807) is 0 Å². The first-order valence-corrected chi connectivity index (χ1v) is 25.9. The van der Waals surface area contributed by atoms with Crippen molar-refractivity contribution in [2.75, 3.05) is 47.5 Å². The number of allylic oxidation sites excluding steroid dienone is 2. The summed E-state index contributed by atoms with van der Waals surface area (Å²) < 4.78 is 34.4. The number of rotatable bonds is 45. The van der Waals surface area contributed by atoms with Gasteiger partial charge >= 0.3 is 19.8 Å². The Morgan fingerprint density at radius 2 is 0.879 bits per heavy atom. The predicted octanol–water partition coefficient (Wildman–Crippen LogP) is 14.1. The molecule has 0 aliphatic carbocycles. The highest BCUT2D eigenvalue weighted by Gasteiger charge is 2.27. The quantitative estimate of drug-likeness (QED) is 0.0212. The fourth-order valence-electron chi connectivity index (χ4n) is 6.95. The van der Waals surface area contributed by atoms with Crippen molar-refractivity contribution in [2.24, 2.45) is 0 Å². The van der Waals surface area contributed by atoms with Crippen LogP contribution in [-0.4, -0.2) is 74.9 Å². The largest absolute Gasteiger partial charge is 0.472 e. The SMILES string of the molecule is CCCCCCCC/C=C/CCCCCCCCCCCC(=O)O[C@H](COC(=O)CCCCCCCCCCCCCCCCC)COP(=O)(O)OCC[N+](C)(C)C. The second-order valence-corrected chi connectivity index (χ2v) is 19.3. The fraction of sp³-hybridized carbons (Fsp3) is 0.917. The van der Waals surface area contributed by atoms with Gasteiger partial charge in [0.2, 0.25) is 0 Å². The zero-order chi connectivity index (χ0) is 42.8. The van der Waals surface area contributed by atoms with Crippen LogP contribution in [-0.2, 0) is 32.7 Å². The summed E-state index contributed by atoms with van der Waals surface area (Å²) in [5, 5.41) is 0. The second-order valence-electron chi connectivity index (χ2n) is 17.9. The van der Waals surface area contributed by atoms with E-state index in [0.29, 0.717) is 23.9 Å². The molecule has 0 spiro atoms. The third kappa shape index (κ3) is 44.3. The zero-order valence-electron chi connectivity index (χ0n) is 38.8. The Kier molecular flexibility index (Phi) is 40.2. The van der Waals surface area contributed by atoms with Gasteiger partial charge in [0, 0.05) is 12.8 Å². The molecule has 344 valence electrons. The molecule has 0 aromatic heterocycles. The summed E-state index contributed by atoms with van der Waals surface area (Å²) in [6, 6.07) is 0. The molecule has 0 amide bonds. The summed E-state index contributed by atoms with van der Waals surface area (Å²) in [6.07, 6.45) is 43.9. The molecule has 0 radical (unpaired) electrons. The Morgan fingerprint density at radius 3 is 1.28 bits per heavy atom. The van der Waals surface area contributed by atoms with E-state index < -0.39 is 26.5 Å². The number of likely N-dealkylation sites (N-methyl/N-ethyl adjacent to an activating group) is 1. The Labute approximate surface area is 358 Å². The summed E-state index contributed by atoms with van der Waals surface area (Å²) in [4.78, 5) is 35.5. The number of unbranched alkanes of at least 4 members (excludes halogenated alkanes) is 29. The Morgan fingerprint density at radius 1 is 0.517 bits per heavy atom. The molecular formula is C48H95NO8P+. The molecule has 1 unspecified atom stereocenters. The van der Waals surface area contributed by atoms with Gasteiger partial charge < -0.3 is 18.9 Å². The summed E-state index contributed by atoms with van der Waals surface area (Å²) in [5.41, 5.74) is 0. The highest BCUT2D eigenvalue weighted by atomic mass is 31.2. The maximum absolute atomic E-state index is 12.7. The van der Waals surface area contributed by atoms with Crippen molar-refractivity contribution in [1.82, 2.24) is 0 Å². The maximum atomic E-state index is 12.7. The van der Waals surface area contributed by atoms with Crippen LogP contribution in [0.15, 0.2) is 12.2 Å². The van der Waals surface area contributed by atoms with Crippen molar-refractivity contribution in [2.45, 2.75) is 238 Å². The van der Waals surface area contributed by atoms with E-state index in [0.717, 1.165) is 32.1 Å². The molecule has 0 aliphatic rings. The molecule has 0 heterocycles. The smallest absolute Gasteiger partial charge is 0.462 e. The van der Waals surface area contributed by atoms with Crippen LogP contribution < -0.4 is 0 Å². The highest BCUT2D eigenvalue weighted by molar-refractivity contribution is 7.47. The number of hydrogen-bond acceptors (Lipinski definition) is 7. The second kappa shape index (κ2) is 41.1. The van der Waals surface area contributed by atoms with Crippen LogP contribution in [0.5, 0.6) is 0 Å². The predicted molar refractivity (Wildman–Crippen MR) is 243 cm³/mol. The first-order valence-electron chi connectivity index (χ1n) is 24.4. The molecule has 0 aromatic rings. The summed E-state index contributed by atoms with van der Waals surface area (Å²) >= 11 is 0. The normalized spacial score (nSPS) is 13.6. The van der Waals surface area contributed by atoms with Crippen molar-refractivity contribution in [3.8, 4) is 0 Å². The zero-order valence-corrected chi connectivity index (χ0v) is 39.7. The summed E-state index contributed by atoms with van der Waals surface area (Å²) in [6.45, 7) is 4.46. The van der Waals surface area contributed by atoms with Gasteiger partial charge in [-0.2, -0.15) is 0 Å². The van der Waals surface area contributed by atoms with Crippen molar-refractivity contribution in [1.29, 1.82) is 0 Å². The number of hydrogen-bond donors (Lipinski definition) is 1. The van der Waals surface area contributed by atoms with E-state index >= 15 is 0 Å². The molecule has 0 rings (SSSR count). The van der Waals surface area contributed by atoms with Crippen LogP contribution in [0, 0.1) is 0 Å². The Bertz CT molecular complexity index is 1000. The molecular weight excluding hydrogens is 750 g/mol. The van der Waals surface area contributed by atoms with Gasteiger partial charge in [0.1, 0.15) is 19.8 Å². The lowest BCUT2D eigenvalue weighted by atomic mass is 10.0. The van der Waals surface area contributed by atoms with Crippen molar-refractivity contribution in [3.63, 3.8) is 0 Å². The van der Waals surface area contributed by atoms with Gasteiger partial charge in [0.15, 0.2) is 6.10 Å². The number of phosphoric ester groups is 1. The average molecular weight is 845 g/mol. The van der Waals surface area contributed by atoms with Crippen LogP contribution in [0.3, 0.4) is 0 Å². The molecule has 0 bridgehead atoms. The Hall–Kier alpha value is -1.25. The lowest BCUT2D eigenvalue weighted by Crippen LogP contribution is -2.37. The number of carbonyl (C=O) groups is 2. The monoisotopic (exact) mass is 845 g/mol. The van der Waals surface area contributed by atoms with E-state index in [9.17, 15) is 19.0 Å². The highest BCUT2D eigenvalue weighted by Crippen LogP contribution is 2.43. The molecule has 1 N–H and O–H groups in total. The summed E-state index contributed by atoms with van der Waals surface area (Å²) in [7, 11) is 1.49. The lowest BCUT2D eigenvalue weighted by Gasteiger charge is -2.24. The lowest BCUT2D eigenvalue weighted by molar-refractivity contribution is -0.870. The number of nitrogens with zero attached hydrogens (tertiary/aromatic N) is 1. The standard InChI is InChI=1S/C48H94NO8P/c1-6-8-10-12-14-16-18-20-22-23-24-25-27-29-31-33-35-37-39-41-48(51)57-46(45-56-58(52,53)55-43-42-49(3,4)5)44-54-47(50)40-38-36-34-32-30-28-26-21-19-17-15-13-11-9-7-2/h20,22,46H,6-19,21,23-45H2,1-5H3/p+1/b22-20+/t46-/m1/s1. The number of ether oxygens (including phenoxy) is 2. The first-order chi connectivity index (χ1) is 28.0. The van der Waals surface area contributed by atoms with Crippen LogP contribution in [0.2, 0.25) is 0 Å². The van der Waals surface area contributed by atoms with Crippen LogP contribution in [0.4, 0.5) is 0 Å². The number of quaternary nitrogens is 1. The number of carbonyl (C=O) groups excluding carboxylic acids is 2. The minimum atomic E-state index is -4.37. The molecule has 0 fully saturated rings. The molecule has 2 atom stereocenters. The minimum Gasteiger partial charge on any atom is -0.462 e. The molecule has 58 heavy (non-hydrogen) atoms. The number of esters is 2. The van der Waals surface area contributed by atoms with Crippen LogP contribution in [0.25, 0.3) is 0 Å². The molecule has 0 aromatic carbocycles. The molecule has 10 heteroatoms. The van der Waals surface area contributed by atoms with Crippen molar-refractivity contribution >= 4 is 19.8 Å². The fourth-order valence-corrected chi connectivity index (χ4v) is 7.69. The number of phosphoric acid groups is 1. The molecule has 0 saturated heterocycles. The van der Waals surface area contributed by atoms with Gasteiger partial charge in [-0.25, -0.2) is 4.57 Å². The van der Waals surface area contributed by atoms with Gasteiger partial charge in [0.25, 0.3) is 0 Å². The molecule has 0 saturated carbocycles. The van der Waals surface area contributed by atoms with Gasteiger partial charge in [-0.15, -0.1) is 0 Å². The van der Waals surface area contributed by atoms with E-state index in [-0.39, 0.29) is 25.6 Å². The van der Waals surface area contributed by atoms with Crippen LogP contribution >= 0.6 is 7.82 Å². The van der Waals surface area contributed by atoms with Crippen molar-refractivity contribution < 1.29 is 42.1 Å². The van der Waals surface area contributed by atoms with E-state index in [1.165, 1.54) is 167 Å². The van der Waals surface area contributed by atoms with Gasteiger partial charge in [0.05, 0.1) is 27.7 Å². The van der Waals surface area contributed by atoms with Gasteiger partial charge in [-0.05, 0) is 38.5 Å². The van der Waals surface area contributed by atoms with E-state index in [2.05, 4.69) is 26.0 Å². The Balaban J connectivity index is 4.26. The minimum absolute atomic E-state index is 0.0347. The van der Waals surface area contributed by atoms with E-state index in [4.69, 9.17) is 18.5 Å². The average Bonchev–Trinajstić information content (AvgIpc) is 3.17. The van der Waals surface area contributed by atoms with Gasteiger partial charge in [-0.1, -0.05) is 193 Å². The molecule has 0 aliphatic heterocycles. The van der Waals surface area contributed by atoms with Crippen LogP contribution in [0.1, 0.15) is 232 Å².